The fraction of sp³-hybridized carbons (Fsp3) is 0.593. The van der Waals surface area contributed by atoms with E-state index in [-0.39, 0.29) is 36.8 Å². The zero-order valence-electron chi connectivity index (χ0n) is 20.8. The zero-order chi connectivity index (χ0) is 25.7. The van der Waals surface area contributed by atoms with Crippen LogP contribution in [-0.4, -0.2) is 37.3 Å². The Bertz CT molecular complexity index is 1480. The number of nitrogens with zero attached hydrogens (tertiary/aromatic N) is 5. The number of rotatable bonds is 4. The van der Waals surface area contributed by atoms with E-state index in [9.17, 15) is 18.0 Å². The molecule has 37 heavy (non-hydrogen) atoms. The molecule has 2 bridgehead atoms. The van der Waals surface area contributed by atoms with Gasteiger partial charge < -0.3 is 9.30 Å². The van der Waals surface area contributed by atoms with Crippen molar-refractivity contribution >= 4 is 11.2 Å². The number of hydrogen-bond donors (Lipinski definition) is 0. The second-order valence-electron chi connectivity index (χ2n) is 11.7. The Morgan fingerprint density at radius 3 is 2.46 bits per heavy atom. The molecular formula is C27H28F3N5O2. The number of hydrogen-bond acceptors (Lipinski definition) is 6. The first-order valence-corrected chi connectivity index (χ1v) is 13.0. The Morgan fingerprint density at radius 1 is 1.03 bits per heavy atom. The van der Waals surface area contributed by atoms with Crippen molar-refractivity contribution in [3.8, 4) is 0 Å². The summed E-state index contributed by atoms with van der Waals surface area (Å²) in [7, 11) is 1.71. The summed E-state index contributed by atoms with van der Waals surface area (Å²) in [6, 6.07) is 3.32. The standard InChI is InChI=1S/C27H28F3N5O2/c1-14-20(15-3-4-15)32-21-22(25-11-26(12-25,13-25)27(28,29)30)33-23(34-24(21)31-14)16-7-8-37-18(9-16)17-5-6-19(36)35(2)10-17/h5-6,10,15-16,18H,3-4,7-9,11-13H2,1-2H3/t16-,18+,25?,26?/m0/s1. The van der Waals surface area contributed by atoms with Crippen molar-refractivity contribution in [2.75, 3.05) is 6.61 Å². The summed E-state index contributed by atoms with van der Waals surface area (Å²) in [5, 5.41) is 0. The fourth-order valence-electron chi connectivity index (χ4n) is 6.76. The van der Waals surface area contributed by atoms with Gasteiger partial charge in [-0.1, -0.05) is 0 Å². The molecule has 4 aliphatic carbocycles. The Hall–Kier alpha value is -2.88. The number of aryl methyl sites for hydroxylation is 2. The highest BCUT2D eigenvalue weighted by molar-refractivity contribution is 5.75. The van der Waals surface area contributed by atoms with Gasteiger partial charge in [0.1, 0.15) is 11.3 Å². The molecule has 5 aliphatic rings. The average Bonchev–Trinajstić information content (AvgIpc) is 3.63. The molecule has 194 valence electrons. The van der Waals surface area contributed by atoms with Gasteiger partial charge in [0.25, 0.3) is 0 Å². The molecule has 7 nitrogen and oxygen atoms in total. The molecule has 0 amide bonds. The molecule has 0 unspecified atom stereocenters. The maximum atomic E-state index is 13.7. The molecular weight excluding hydrogens is 483 g/mol. The van der Waals surface area contributed by atoms with E-state index in [1.165, 1.54) is 10.6 Å². The Kier molecular flexibility index (Phi) is 4.77. The number of alkyl halides is 3. The lowest BCUT2D eigenvalue weighted by atomic mass is 9.34. The normalized spacial score (nSPS) is 31.2. The van der Waals surface area contributed by atoms with Gasteiger partial charge in [-0.25, -0.2) is 19.9 Å². The van der Waals surface area contributed by atoms with Crippen LogP contribution in [0, 0.1) is 12.3 Å². The minimum Gasteiger partial charge on any atom is -0.373 e. The van der Waals surface area contributed by atoms with Crippen molar-refractivity contribution in [1.82, 2.24) is 24.5 Å². The van der Waals surface area contributed by atoms with E-state index >= 15 is 0 Å². The molecule has 5 fully saturated rings. The third-order valence-corrected chi connectivity index (χ3v) is 8.99. The van der Waals surface area contributed by atoms with E-state index < -0.39 is 17.0 Å². The first kappa shape index (κ1) is 23.3. The lowest BCUT2D eigenvalue weighted by Crippen LogP contribution is -2.70. The molecule has 0 radical (unpaired) electrons. The highest BCUT2D eigenvalue weighted by Crippen LogP contribution is 2.78. The van der Waals surface area contributed by atoms with Gasteiger partial charge in [0.15, 0.2) is 5.65 Å². The van der Waals surface area contributed by atoms with Crippen LogP contribution >= 0.6 is 0 Å². The molecule has 0 N–H and O–H groups in total. The van der Waals surface area contributed by atoms with Crippen LogP contribution in [0.4, 0.5) is 13.2 Å². The molecule has 1 aliphatic heterocycles. The summed E-state index contributed by atoms with van der Waals surface area (Å²) >= 11 is 0. The van der Waals surface area contributed by atoms with Gasteiger partial charge >= 0.3 is 6.18 Å². The van der Waals surface area contributed by atoms with Crippen LogP contribution < -0.4 is 5.56 Å². The van der Waals surface area contributed by atoms with Crippen LogP contribution in [0.2, 0.25) is 0 Å². The maximum Gasteiger partial charge on any atom is 0.394 e. The summed E-state index contributed by atoms with van der Waals surface area (Å²) in [4.78, 5) is 31.4. The number of fused-ring (bicyclic) bond motifs is 1. The van der Waals surface area contributed by atoms with Crippen molar-refractivity contribution in [1.29, 1.82) is 0 Å². The largest absolute Gasteiger partial charge is 0.394 e. The van der Waals surface area contributed by atoms with Crippen LogP contribution in [-0.2, 0) is 17.2 Å². The third kappa shape index (κ3) is 3.47. The minimum atomic E-state index is -4.19. The van der Waals surface area contributed by atoms with Crippen molar-refractivity contribution in [3.63, 3.8) is 0 Å². The Balaban J connectivity index is 1.28. The summed E-state index contributed by atoms with van der Waals surface area (Å²) in [5.41, 5.74) is 2.13. The average molecular weight is 512 g/mol. The zero-order valence-corrected chi connectivity index (χ0v) is 20.8. The quantitative estimate of drug-likeness (QED) is 0.494. The summed E-state index contributed by atoms with van der Waals surface area (Å²) in [5.74, 6) is 0.949. The summed E-state index contributed by atoms with van der Waals surface area (Å²) in [6.07, 6.45) is 1.03. The van der Waals surface area contributed by atoms with E-state index in [1.54, 1.807) is 19.3 Å². The molecule has 2 atom stereocenters. The lowest BCUT2D eigenvalue weighted by molar-refractivity contribution is -0.337. The smallest absolute Gasteiger partial charge is 0.373 e. The Labute approximate surface area is 211 Å². The first-order chi connectivity index (χ1) is 17.6. The summed E-state index contributed by atoms with van der Waals surface area (Å²) < 4.78 is 48.6. The van der Waals surface area contributed by atoms with Crippen LogP contribution in [0.1, 0.15) is 91.4 Å². The number of aromatic nitrogens is 5. The first-order valence-electron chi connectivity index (χ1n) is 13.0. The van der Waals surface area contributed by atoms with Crippen molar-refractivity contribution in [2.24, 2.45) is 12.5 Å². The van der Waals surface area contributed by atoms with Gasteiger partial charge in [-0.3, -0.25) is 4.79 Å². The molecule has 10 heteroatoms. The van der Waals surface area contributed by atoms with E-state index in [4.69, 9.17) is 24.7 Å². The van der Waals surface area contributed by atoms with Crippen LogP contribution in [0.15, 0.2) is 23.1 Å². The second-order valence-corrected chi connectivity index (χ2v) is 11.7. The van der Waals surface area contributed by atoms with Gasteiger partial charge in [0.2, 0.25) is 5.56 Å². The number of halogens is 3. The molecule has 0 aromatic carbocycles. The highest BCUT2D eigenvalue weighted by atomic mass is 19.4. The topological polar surface area (TPSA) is 82.8 Å². The van der Waals surface area contributed by atoms with Crippen LogP contribution in [0.3, 0.4) is 0 Å². The van der Waals surface area contributed by atoms with E-state index in [0.29, 0.717) is 48.0 Å². The summed E-state index contributed by atoms with van der Waals surface area (Å²) in [6.45, 7) is 2.44. The molecule has 0 spiro atoms. The molecule has 3 aromatic heterocycles. The van der Waals surface area contributed by atoms with E-state index in [1.807, 2.05) is 6.92 Å². The predicted molar refractivity (Wildman–Crippen MR) is 128 cm³/mol. The van der Waals surface area contributed by atoms with Crippen molar-refractivity contribution in [2.45, 2.75) is 81.4 Å². The van der Waals surface area contributed by atoms with Crippen LogP contribution in [0.5, 0.6) is 0 Å². The van der Waals surface area contributed by atoms with Gasteiger partial charge in [-0.05, 0) is 63.5 Å². The Morgan fingerprint density at radius 2 is 1.78 bits per heavy atom. The molecule has 4 heterocycles. The highest BCUT2D eigenvalue weighted by Gasteiger charge is 2.79. The molecule has 1 saturated heterocycles. The fourth-order valence-corrected chi connectivity index (χ4v) is 6.76. The lowest BCUT2D eigenvalue weighted by Gasteiger charge is -2.70. The second kappa shape index (κ2) is 7.58. The van der Waals surface area contributed by atoms with E-state index in [0.717, 1.165) is 29.8 Å². The monoisotopic (exact) mass is 511 g/mol. The van der Waals surface area contributed by atoms with Gasteiger partial charge in [-0.2, -0.15) is 13.2 Å². The van der Waals surface area contributed by atoms with E-state index in [2.05, 4.69) is 0 Å². The van der Waals surface area contributed by atoms with Crippen LogP contribution in [0.25, 0.3) is 11.2 Å². The van der Waals surface area contributed by atoms with Gasteiger partial charge in [0.05, 0.1) is 28.6 Å². The molecule has 3 aromatic rings. The van der Waals surface area contributed by atoms with Crippen molar-refractivity contribution in [3.05, 3.63) is 57.2 Å². The number of ether oxygens (including phenoxy) is 1. The SMILES string of the molecule is Cc1nc2nc([C@H]3CCO[C@@H](c4ccc(=O)n(C)c4)C3)nc(C34CC(C(F)(F)F)(C3)C4)c2nc1C1CC1. The van der Waals surface area contributed by atoms with Gasteiger partial charge in [0, 0.05) is 43.2 Å². The molecule has 4 saturated carbocycles. The number of pyridine rings is 1. The maximum absolute atomic E-state index is 13.7. The van der Waals surface area contributed by atoms with Crippen molar-refractivity contribution < 1.29 is 17.9 Å². The third-order valence-electron chi connectivity index (χ3n) is 8.99. The minimum absolute atomic E-state index is 0.0340. The van der Waals surface area contributed by atoms with Gasteiger partial charge in [-0.15, -0.1) is 0 Å². The molecule has 8 rings (SSSR count). The predicted octanol–water partition coefficient (Wildman–Crippen LogP) is 4.92.